The number of carbonyl (C=O) groups excluding carboxylic acids is 2. The maximum absolute atomic E-state index is 13.7. The molecule has 0 spiro atoms. The molecule has 6 heteroatoms. The minimum atomic E-state index is -0.903. The maximum Gasteiger partial charge on any atom is 0.200 e. The summed E-state index contributed by atoms with van der Waals surface area (Å²) < 4.78 is 27.5. The molecule has 4 nitrogen and oxygen atoms in total. The third-order valence-electron chi connectivity index (χ3n) is 4.66. The van der Waals surface area contributed by atoms with E-state index in [4.69, 9.17) is 0 Å². The summed E-state index contributed by atoms with van der Waals surface area (Å²) in [7, 11) is 0. The van der Waals surface area contributed by atoms with Crippen LogP contribution in [0.4, 0.5) is 20.2 Å². The zero-order valence-corrected chi connectivity index (χ0v) is 15.7. The highest BCUT2D eigenvalue weighted by Crippen LogP contribution is 2.32. The summed E-state index contributed by atoms with van der Waals surface area (Å²) in [5.41, 5.74) is 1.79. The smallest absolute Gasteiger partial charge is 0.200 e. The molecule has 0 atom stereocenters. The molecule has 148 valence electrons. The highest BCUT2D eigenvalue weighted by molar-refractivity contribution is 6.32. The highest BCUT2D eigenvalue weighted by atomic mass is 19.1. The SMILES string of the molecule is C=Cc1cccc(C(=O)C(C(=O)c2cc(F)cc(F)c2)=C2Nc3ccccc3N2)c1. The molecule has 3 aromatic carbocycles. The number of carbonyl (C=O) groups is 2. The third-order valence-corrected chi connectivity index (χ3v) is 4.66. The highest BCUT2D eigenvalue weighted by Gasteiger charge is 2.29. The molecule has 0 radical (unpaired) electrons. The van der Waals surface area contributed by atoms with E-state index in [9.17, 15) is 18.4 Å². The van der Waals surface area contributed by atoms with Gasteiger partial charge in [0.25, 0.3) is 0 Å². The van der Waals surface area contributed by atoms with Gasteiger partial charge in [0.1, 0.15) is 23.0 Å². The van der Waals surface area contributed by atoms with E-state index in [-0.39, 0.29) is 22.5 Å². The van der Waals surface area contributed by atoms with Crippen LogP contribution >= 0.6 is 0 Å². The average molecular weight is 402 g/mol. The van der Waals surface area contributed by atoms with Crippen molar-refractivity contribution in [3.63, 3.8) is 0 Å². The van der Waals surface area contributed by atoms with Gasteiger partial charge in [-0.2, -0.15) is 0 Å². The molecule has 0 aliphatic carbocycles. The van der Waals surface area contributed by atoms with Gasteiger partial charge in [-0.25, -0.2) is 8.78 Å². The number of benzene rings is 3. The van der Waals surface area contributed by atoms with Crippen molar-refractivity contribution in [3.05, 3.63) is 113 Å². The molecule has 4 rings (SSSR count). The van der Waals surface area contributed by atoms with Gasteiger partial charge < -0.3 is 10.6 Å². The Morgan fingerprint density at radius 3 is 1.97 bits per heavy atom. The lowest BCUT2D eigenvalue weighted by molar-refractivity contribution is 0.0960. The van der Waals surface area contributed by atoms with Gasteiger partial charge in [0.2, 0.25) is 11.6 Å². The number of anilines is 2. The molecular weight excluding hydrogens is 386 g/mol. The van der Waals surface area contributed by atoms with Crippen LogP contribution in [0, 0.1) is 11.6 Å². The Morgan fingerprint density at radius 1 is 0.767 bits per heavy atom. The molecular formula is C24H16F2N2O2. The molecule has 0 bridgehead atoms. The number of nitrogens with one attached hydrogen (secondary N) is 2. The first-order valence-electron chi connectivity index (χ1n) is 9.11. The lowest BCUT2D eigenvalue weighted by atomic mass is 9.94. The lowest BCUT2D eigenvalue weighted by Gasteiger charge is -2.12. The molecule has 0 unspecified atom stereocenters. The number of allylic oxidation sites excluding steroid dienone is 1. The molecule has 0 aromatic heterocycles. The largest absolute Gasteiger partial charge is 0.339 e. The van der Waals surface area contributed by atoms with Crippen LogP contribution in [0.15, 0.2) is 84.7 Å². The second-order valence-corrected chi connectivity index (χ2v) is 6.69. The number of hydrogen-bond donors (Lipinski definition) is 2. The third kappa shape index (κ3) is 3.63. The lowest BCUT2D eigenvalue weighted by Crippen LogP contribution is -2.21. The first-order valence-corrected chi connectivity index (χ1v) is 9.11. The minimum absolute atomic E-state index is 0.153. The number of ketones is 2. The van der Waals surface area contributed by atoms with Crippen molar-refractivity contribution in [2.45, 2.75) is 0 Å². The predicted octanol–water partition coefficient (Wildman–Crippen LogP) is 5.42. The predicted molar refractivity (Wildman–Crippen MR) is 112 cm³/mol. The fourth-order valence-corrected chi connectivity index (χ4v) is 3.24. The first-order chi connectivity index (χ1) is 14.5. The van der Waals surface area contributed by atoms with Crippen molar-refractivity contribution in [1.82, 2.24) is 0 Å². The van der Waals surface area contributed by atoms with Crippen LogP contribution in [-0.4, -0.2) is 11.6 Å². The molecule has 2 N–H and O–H groups in total. The van der Waals surface area contributed by atoms with E-state index < -0.39 is 23.2 Å². The van der Waals surface area contributed by atoms with Gasteiger partial charge in [-0.05, 0) is 35.9 Å². The topological polar surface area (TPSA) is 58.2 Å². The molecule has 0 saturated carbocycles. The van der Waals surface area contributed by atoms with Gasteiger partial charge in [0.15, 0.2) is 0 Å². The Labute approximate surface area is 171 Å². The van der Waals surface area contributed by atoms with Gasteiger partial charge in [-0.3, -0.25) is 9.59 Å². The summed E-state index contributed by atoms with van der Waals surface area (Å²) in [5, 5.41) is 6.03. The Bertz CT molecular complexity index is 1180. The van der Waals surface area contributed by atoms with E-state index >= 15 is 0 Å². The molecule has 1 aliphatic rings. The van der Waals surface area contributed by atoms with Crippen molar-refractivity contribution in [2.24, 2.45) is 0 Å². The Balaban J connectivity index is 1.85. The molecule has 0 saturated heterocycles. The standard InChI is InChI=1S/C24H16F2N2O2/c1-2-14-6-5-7-15(10-14)22(29)21(23(30)16-11-17(25)13-18(26)12-16)24-27-19-8-3-4-9-20(19)28-24/h2-13,27-28H,1H2. The monoisotopic (exact) mass is 402 g/mol. The summed E-state index contributed by atoms with van der Waals surface area (Å²) in [6.07, 6.45) is 1.58. The molecule has 0 amide bonds. The molecule has 1 heterocycles. The number of Topliss-reactive ketones (excluding diaryl/α,β-unsaturated/α-hetero) is 2. The van der Waals surface area contributed by atoms with Crippen LogP contribution in [0.3, 0.4) is 0 Å². The molecule has 30 heavy (non-hydrogen) atoms. The van der Waals surface area contributed by atoms with E-state index in [1.807, 2.05) is 0 Å². The number of para-hydroxylation sites is 2. The van der Waals surface area contributed by atoms with Crippen molar-refractivity contribution in [3.8, 4) is 0 Å². The zero-order chi connectivity index (χ0) is 21.3. The van der Waals surface area contributed by atoms with Crippen molar-refractivity contribution in [1.29, 1.82) is 0 Å². The van der Waals surface area contributed by atoms with Crippen molar-refractivity contribution >= 4 is 29.0 Å². The fourth-order valence-electron chi connectivity index (χ4n) is 3.24. The van der Waals surface area contributed by atoms with E-state index in [1.54, 1.807) is 54.6 Å². The van der Waals surface area contributed by atoms with Gasteiger partial charge in [0.05, 0.1) is 11.4 Å². The quantitative estimate of drug-likeness (QED) is 0.259. The van der Waals surface area contributed by atoms with Crippen LogP contribution in [0.5, 0.6) is 0 Å². The van der Waals surface area contributed by atoms with Gasteiger partial charge in [0, 0.05) is 17.2 Å². The summed E-state index contributed by atoms with van der Waals surface area (Å²) in [6, 6.07) is 16.2. The van der Waals surface area contributed by atoms with Crippen molar-refractivity contribution < 1.29 is 18.4 Å². The maximum atomic E-state index is 13.7. The van der Waals surface area contributed by atoms with Crippen LogP contribution in [0.25, 0.3) is 6.08 Å². The van der Waals surface area contributed by atoms with Crippen LogP contribution in [0.2, 0.25) is 0 Å². The molecule has 0 fully saturated rings. The second kappa shape index (κ2) is 7.75. The van der Waals surface area contributed by atoms with Gasteiger partial charge >= 0.3 is 0 Å². The summed E-state index contributed by atoms with van der Waals surface area (Å²) in [6.45, 7) is 3.68. The van der Waals surface area contributed by atoms with E-state index in [2.05, 4.69) is 17.2 Å². The Hall–Kier alpha value is -4.06. The summed E-state index contributed by atoms with van der Waals surface area (Å²) in [5.74, 6) is -3.04. The number of hydrogen-bond acceptors (Lipinski definition) is 4. The number of fused-ring (bicyclic) bond motifs is 1. The number of rotatable bonds is 5. The fraction of sp³-hybridized carbons (Fsp3) is 0. The van der Waals surface area contributed by atoms with Gasteiger partial charge in [-0.1, -0.05) is 43.0 Å². The average Bonchev–Trinajstić information content (AvgIpc) is 3.16. The zero-order valence-electron chi connectivity index (χ0n) is 15.7. The molecule has 3 aromatic rings. The van der Waals surface area contributed by atoms with Gasteiger partial charge in [-0.15, -0.1) is 0 Å². The molecule has 1 aliphatic heterocycles. The van der Waals surface area contributed by atoms with Crippen LogP contribution < -0.4 is 10.6 Å². The van der Waals surface area contributed by atoms with Crippen molar-refractivity contribution in [2.75, 3.05) is 10.6 Å². The van der Waals surface area contributed by atoms with E-state index in [1.165, 1.54) is 0 Å². The Kier molecular flexibility index (Phi) is 4.98. The van der Waals surface area contributed by atoms with Crippen LogP contribution in [-0.2, 0) is 0 Å². The normalized spacial score (nSPS) is 11.9. The number of halogens is 2. The Morgan fingerprint density at radius 2 is 1.37 bits per heavy atom. The van der Waals surface area contributed by atoms with E-state index in [0.717, 1.165) is 12.1 Å². The second-order valence-electron chi connectivity index (χ2n) is 6.69. The summed E-state index contributed by atoms with van der Waals surface area (Å²) >= 11 is 0. The minimum Gasteiger partial charge on any atom is -0.339 e. The van der Waals surface area contributed by atoms with E-state index in [0.29, 0.717) is 23.0 Å². The van der Waals surface area contributed by atoms with Crippen LogP contribution in [0.1, 0.15) is 26.3 Å². The summed E-state index contributed by atoms with van der Waals surface area (Å²) in [4.78, 5) is 26.6. The first kappa shape index (κ1) is 19.3.